The van der Waals surface area contributed by atoms with Crippen LogP contribution in [0.1, 0.15) is 12.0 Å². The zero-order valence-corrected chi connectivity index (χ0v) is 16.4. The van der Waals surface area contributed by atoms with Gasteiger partial charge >= 0.3 is 5.82 Å². The number of nitro groups is 1. The average molecular weight is 473 g/mol. The van der Waals surface area contributed by atoms with E-state index in [1.54, 1.807) is 6.07 Å². The lowest BCUT2D eigenvalue weighted by Gasteiger charge is -2.05. The standard InChI is InChI=1S/C15H12BrClFN7O3/c16-10-7-23(21-14(10)25(27)28)5-4-13(26)20-15-19-8-24(22-15)6-9-11(17)2-1-3-12(9)18/h1-3,7-8H,4-6H2,(H,20,22,26). The van der Waals surface area contributed by atoms with E-state index < -0.39 is 16.6 Å². The van der Waals surface area contributed by atoms with E-state index in [0.717, 1.165) is 0 Å². The van der Waals surface area contributed by atoms with Gasteiger partial charge in [-0.1, -0.05) is 17.7 Å². The normalized spacial score (nSPS) is 10.8. The first-order valence-electron chi connectivity index (χ1n) is 7.83. The molecule has 13 heteroatoms. The number of aryl methyl sites for hydroxylation is 1. The molecule has 0 bridgehead atoms. The predicted molar refractivity (Wildman–Crippen MR) is 100 cm³/mol. The van der Waals surface area contributed by atoms with Gasteiger partial charge in [0, 0.05) is 17.0 Å². The second-order valence-corrected chi connectivity index (χ2v) is 6.85. The topological polar surface area (TPSA) is 121 Å². The molecule has 0 radical (unpaired) electrons. The minimum absolute atomic E-state index is 0.00104. The lowest BCUT2D eigenvalue weighted by Crippen LogP contribution is -2.16. The Balaban J connectivity index is 1.57. The van der Waals surface area contributed by atoms with Crippen molar-refractivity contribution in [2.75, 3.05) is 5.32 Å². The summed E-state index contributed by atoms with van der Waals surface area (Å²) in [5, 5.41) is 21.3. The lowest BCUT2D eigenvalue weighted by atomic mass is 10.2. The van der Waals surface area contributed by atoms with E-state index in [1.807, 2.05) is 0 Å². The van der Waals surface area contributed by atoms with Crippen molar-refractivity contribution in [1.29, 1.82) is 0 Å². The average Bonchev–Trinajstić information content (AvgIpc) is 3.23. The van der Waals surface area contributed by atoms with Gasteiger partial charge in [0.15, 0.2) is 0 Å². The summed E-state index contributed by atoms with van der Waals surface area (Å²) in [6, 6.07) is 4.36. The number of benzene rings is 1. The molecule has 0 spiro atoms. The summed E-state index contributed by atoms with van der Waals surface area (Å²) < 4.78 is 16.7. The number of amides is 1. The van der Waals surface area contributed by atoms with Crippen LogP contribution in [-0.4, -0.2) is 35.4 Å². The van der Waals surface area contributed by atoms with Crippen molar-refractivity contribution in [2.24, 2.45) is 0 Å². The van der Waals surface area contributed by atoms with Crippen LogP contribution in [0.4, 0.5) is 16.2 Å². The molecule has 0 atom stereocenters. The molecule has 3 aromatic rings. The maximum absolute atomic E-state index is 13.8. The van der Waals surface area contributed by atoms with Crippen LogP contribution in [-0.2, 0) is 17.9 Å². The summed E-state index contributed by atoms with van der Waals surface area (Å²) in [7, 11) is 0. The van der Waals surface area contributed by atoms with Crippen molar-refractivity contribution >= 4 is 45.2 Å². The summed E-state index contributed by atoms with van der Waals surface area (Å²) in [6.45, 7) is 0.184. The van der Waals surface area contributed by atoms with Crippen LogP contribution in [0.2, 0.25) is 5.02 Å². The Bertz CT molecular complexity index is 1020. The number of carbonyl (C=O) groups is 1. The van der Waals surface area contributed by atoms with Crippen LogP contribution in [0.15, 0.2) is 35.2 Å². The Labute approximate surface area is 170 Å². The number of halogens is 3. The molecule has 0 saturated heterocycles. The van der Waals surface area contributed by atoms with Crippen molar-refractivity contribution in [2.45, 2.75) is 19.5 Å². The van der Waals surface area contributed by atoms with Crippen molar-refractivity contribution in [1.82, 2.24) is 24.5 Å². The number of hydrogen-bond acceptors (Lipinski definition) is 6. The largest absolute Gasteiger partial charge is 0.404 e. The van der Waals surface area contributed by atoms with E-state index in [1.165, 1.54) is 34.0 Å². The summed E-state index contributed by atoms with van der Waals surface area (Å²) >= 11 is 9.01. The molecule has 1 amide bonds. The molecule has 2 aromatic heterocycles. The molecule has 1 aromatic carbocycles. The summed E-state index contributed by atoms with van der Waals surface area (Å²) in [4.78, 5) is 26.1. The van der Waals surface area contributed by atoms with Gasteiger partial charge in [-0.25, -0.2) is 14.1 Å². The number of carbonyl (C=O) groups excluding carboxylic acids is 1. The van der Waals surface area contributed by atoms with Crippen LogP contribution in [0.25, 0.3) is 0 Å². The van der Waals surface area contributed by atoms with Gasteiger partial charge in [-0.2, -0.15) is 4.68 Å². The Kier molecular flexibility index (Phi) is 5.99. The number of anilines is 1. The zero-order valence-electron chi connectivity index (χ0n) is 14.0. The minimum atomic E-state index is -0.626. The fourth-order valence-electron chi connectivity index (χ4n) is 2.30. The third kappa shape index (κ3) is 4.70. The highest BCUT2D eigenvalue weighted by atomic mass is 79.9. The first kappa shape index (κ1) is 19.9. The van der Waals surface area contributed by atoms with Crippen LogP contribution >= 0.6 is 27.5 Å². The van der Waals surface area contributed by atoms with Gasteiger partial charge in [-0.3, -0.25) is 10.1 Å². The molecule has 28 heavy (non-hydrogen) atoms. The number of rotatable bonds is 7. The fraction of sp³-hybridized carbons (Fsp3) is 0.200. The van der Waals surface area contributed by atoms with E-state index in [9.17, 15) is 19.3 Å². The van der Waals surface area contributed by atoms with Gasteiger partial charge in [0.05, 0.1) is 24.4 Å². The van der Waals surface area contributed by atoms with E-state index in [4.69, 9.17) is 11.6 Å². The van der Waals surface area contributed by atoms with Crippen molar-refractivity contribution in [3.63, 3.8) is 0 Å². The van der Waals surface area contributed by atoms with Crippen LogP contribution < -0.4 is 5.32 Å². The number of nitrogens with zero attached hydrogens (tertiary/aromatic N) is 6. The molecule has 0 saturated carbocycles. The van der Waals surface area contributed by atoms with Crippen molar-refractivity contribution in [3.05, 3.63) is 61.7 Å². The van der Waals surface area contributed by atoms with Gasteiger partial charge in [-0.15, -0.1) is 5.10 Å². The van der Waals surface area contributed by atoms with Crippen molar-refractivity contribution < 1.29 is 14.1 Å². The lowest BCUT2D eigenvalue weighted by molar-refractivity contribution is -0.390. The third-order valence-corrected chi connectivity index (χ3v) is 4.52. The molecule has 1 N–H and O–H groups in total. The second kappa shape index (κ2) is 8.44. The van der Waals surface area contributed by atoms with E-state index in [0.29, 0.717) is 0 Å². The van der Waals surface area contributed by atoms with Crippen LogP contribution in [0.3, 0.4) is 0 Å². The maximum Gasteiger partial charge on any atom is 0.404 e. The first-order chi connectivity index (χ1) is 13.3. The molecule has 0 unspecified atom stereocenters. The van der Waals surface area contributed by atoms with Gasteiger partial charge < -0.3 is 10.1 Å². The van der Waals surface area contributed by atoms with Crippen molar-refractivity contribution in [3.8, 4) is 0 Å². The molecular weight excluding hydrogens is 461 g/mol. The van der Waals surface area contributed by atoms with Crippen LogP contribution in [0.5, 0.6) is 0 Å². The zero-order chi connectivity index (χ0) is 20.3. The quantitative estimate of drug-likeness (QED) is 0.417. The van der Waals surface area contributed by atoms with E-state index >= 15 is 0 Å². The summed E-state index contributed by atoms with van der Waals surface area (Å²) in [5.74, 6) is -1.15. The molecule has 0 aliphatic rings. The molecule has 0 aliphatic heterocycles. The van der Waals surface area contributed by atoms with Gasteiger partial charge in [0.2, 0.25) is 11.9 Å². The molecular formula is C15H12BrClFN7O3. The SMILES string of the molecule is O=C(CCn1cc(Br)c([N+](=O)[O-])n1)Nc1ncn(Cc2c(F)cccc2Cl)n1. The fourth-order valence-corrected chi connectivity index (χ4v) is 2.99. The monoisotopic (exact) mass is 471 g/mol. The Morgan fingerprint density at radius 3 is 2.82 bits per heavy atom. The molecule has 2 heterocycles. The first-order valence-corrected chi connectivity index (χ1v) is 9.00. The number of nitrogens with one attached hydrogen (secondary N) is 1. The Morgan fingerprint density at radius 2 is 2.14 bits per heavy atom. The highest BCUT2D eigenvalue weighted by molar-refractivity contribution is 9.10. The van der Waals surface area contributed by atoms with E-state index in [2.05, 4.69) is 36.4 Å². The minimum Gasteiger partial charge on any atom is -0.358 e. The predicted octanol–water partition coefficient (Wildman–Crippen LogP) is 3.01. The van der Waals surface area contributed by atoms with Gasteiger partial charge in [0.25, 0.3) is 0 Å². The maximum atomic E-state index is 13.8. The highest BCUT2D eigenvalue weighted by Crippen LogP contribution is 2.22. The number of aromatic nitrogens is 5. The highest BCUT2D eigenvalue weighted by Gasteiger charge is 2.19. The van der Waals surface area contributed by atoms with Gasteiger partial charge in [-0.05, 0) is 33.0 Å². The molecule has 146 valence electrons. The molecule has 10 nitrogen and oxygen atoms in total. The summed E-state index contributed by atoms with van der Waals surface area (Å²) in [5.41, 5.74) is 0.262. The summed E-state index contributed by atoms with van der Waals surface area (Å²) in [6.07, 6.45) is 2.75. The Morgan fingerprint density at radius 1 is 1.36 bits per heavy atom. The van der Waals surface area contributed by atoms with Crippen LogP contribution in [0, 0.1) is 15.9 Å². The third-order valence-electron chi connectivity index (χ3n) is 3.61. The Hall–Kier alpha value is -2.86. The molecule has 3 rings (SSSR count). The molecule has 0 fully saturated rings. The van der Waals surface area contributed by atoms with E-state index in [-0.39, 0.29) is 46.3 Å². The smallest absolute Gasteiger partial charge is 0.358 e. The second-order valence-electron chi connectivity index (χ2n) is 5.58. The van der Waals surface area contributed by atoms with Gasteiger partial charge in [0.1, 0.15) is 16.6 Å². The number of hydrogen-bond donors (Lipinski definition) is 1. The molecule has 0 aliphatic carbocycles.